The van der Waals surface area contributed by atoms with E-state index in [-0.39, 0.29) is 0 Å². The van der Waals surface area contributed by atoms with Crippen LogP contribution in [0.15, 0.2) is 11.4 Å². The van der Waals surface area contributed by atoms with Crippen molar-refractivity contribution in [3.05, 3.63) is 21.9 Å². The molecule has 0 unspecified atom stereocenters. The molecule has 0 radical (unpaired) electrons. The number of hydrogen-bond acceptors (Lipinski definition) is 4. The van der Waals surface area contributed by atoms with Crippen LogP contribution in [0.25, 0.3) is 0 Å². The Kier molecular flexibility index (Phi) is 2.36. The molecule has 68 valence electrons. The molecule has 0 aromatic carbocycles. The third kappa shape index (κ3) is 1.69. The van der Waals surface area contributed by atoms with E-state index in [4.69, 9.17) is 16.1 Å². The Hall–Kier alpha value is -1.38. The molecule has 0 saturated heterocycles. The molecule has 4 nitrogen and oxygen atoms in total. The molecule has 0 bridgehead atoms. The number of carboxylic acid groups (broad SMARTS) is 1. The van der Waals surface area contributed by atoms with Crippen molar-refractivity contribution in [3.8, 4) is 6.07 Å². The Morgan fingerprint density at radius 3 is 2.85 bits per heavy atom. The number of nitriles is 1. The molecule has 1 rings (SSSR count). The second-order valence-electron chi connectivity index (χ2n) is 2.82. The van der Waals surface area contributed by atoms with Crippen molar-refractivity contribution in [1.82, 2.24) is 0 Å². The average Bonchev–Trinajstić information content (AvgIpc) is 2.51. The van der Waals surface area contributed by atoms with Crippen molar-refractivity contribution in [2.75, 3.05) is 0 Å². The predicted molar refractivity (Wildman–Crippen MR) is 48.2 cm³/mol. The first kappa shape index (κ1) is 9.71. The van der Waals surface area contributed by atoms with Crippen LogP contribution in [0.4, 0.5) is 0 Å². The quantitative estimate of drug-likeness (QED) is 0.735. The largest absolute Gasteiger partial charge is 0.480 e. The molecule has 3 N–H and O–H groups in total. The Morgan fingerprint density at radius 1 is 1.85 bits per heavy atom. The first-order valence-electron chi connectivity index (χ1n) is 3.50. The van der Waals surface area contributed by atoms with Gasteiger partial charge in [0.25, 0.3) is 0 Å². The maximum Gasteiger partial charge on any atom is 0.328 e. The van der Waals surface area contributed by atoms with Crippen LogP contribution < -0.4 is 5.73 Å². The molecule has 0 spiro atoms. The van der Waals surface area contributed by atoms with E-state index < -0.39 is 11.5 Å². The summed E-state index contributed by atoms with van der Waals surface area (Å²) in [5, 5.41) is 18.9. The van der Waals surface area contributed by atoms with E-state index in [9.17, 15) is 4.79 Å². The zero-order valence-corrected chi connectivity index (χ0v) is 7.76. The van der Waals surface area contributed by atoms with Crippen LogP contribution in [0.5, 0.6) is 0 Å². The first-order valence-corrected chi connectivity index (χ1v) is 4.38. The summed E-state index contributed by atoms with van der Waals surface area (Å²) in [5.41, 5.74) is 4.60. The molecule has 13 heavy (non-hydrogen) atoms. The highest BCUT2D eigenvalue weighted by molar-refractivity contribution is 7.10. The molecule has 5 heteroatoms. The van der Waals surface area contributed by atoms with Gasteiger partial charge in [0.1, 0.15) is 16.5 Å². The van der Waals surface area contributed by atoms with Crippen LogP contribution in [0.1, 0.15) is 17.4 Å². The fourth-order valence-electron chi connectivity index (χ4n) is 0.791. The molecule has 1 aromatic rings. The summed E-state index contributed by atoms with van der Waals surface area (Å²) in [5.74, 6) is -1.10. The van der Waals surface area contributed by atoms with Crippen molar-refractivity contribution < 1.29 is 9.90 Å². The van der Waals surface area contributed by atoms with Gasteiger partial charge >= 0.3 is 5.97 Å². The second-order valence-corrected chi connectivity index (χ2v) is 3.73. The number of thiophene rings is 1. The molecule has 1 heterocycles. The highest BCUT2D eigenvalue weighted by atomic mass is 32.1. The Balaban J connectivity index is 3.09. The molecule has 0 aliphatic rings. The van der Waals surface area contributed by atoms with E-state index in [1.54, 1.807) is 5.38 Å². The van der Waals surface area contributed by atoms with Crippen LogP contribution in [0.3, 0.4) is 0 Å². The summed E-state index contributed by atoms with van der Waals surface area (Å²) in [4.78, 5) is 11.2. The fraction of sp³-hybridized carbons (Fsp3) is 0.250. The minimum Gasteiger partial charge on any atom is -0.480 e. The van der Waals surface area contributed by atoms with Crippen LogP contribution in [-0.4, -0.2) is 11.1 Å². The van der Waals surface area contributed by atoms with Gasteiger partial charge in [0.15, 0.2) is 0 Å². The number of carbonyl (C=O) groups is 1. The summed E-state index contributed by atoms with van der Waals surface area (Å²) in [6, 6.07) is 3.43. The van der Waals surface area contributed by atoms with Crippen molar-refractivity contribution in [2.45, 2.75) is 12.5 Å². The van der Waals surface area contributed by atoms with Crippen LogP contribution >= 0.6 is 11.3 Å². The lowest BCUT2D eigenvalue weighted by Gasteiger charge is -2.16. The lowest BCUT2D eigenvalue weighted by atomic mass is 9.96. The minimum absolute atomic E-state index is 0.460. The van der Waals surface area contributed by atoms with Gasteiger partial charge in [-0.15, -0.1) is 11.3 Å². The number of carboxylic acids is 1. The van der Waals surface area contributed by atoms with E-state index in [0.717, 1.165) is 0 Å². The van der Waals surface area contributed by atoms with E-state index >= 15 is 0 Å². The molecule has 0 fully saturated rings. The molecule has 0 amide bonds. The predicted octanol–water partition coefficient (Wildman–Crippen LogP) is 0.878. The van der Waals surface area contributed by atoms with Crippen molar-refractivity contribution in [1.29, 1.82) is 5.26 Å². The topological polar surface area (TPSA) is 87.1 Å². The van der Waals surface area contributed by atoms with Gasteiger partial charge in [0, 0.05) is 0 Å². The van der Waals surface area contributed by atoms with Crippen molar-refractivity contribution in [2.24, 2.45) is 5.73 Å². The van der Waals surface area contributed by atoms with Crippen molar-refractivity contribution >= 4 is 17.3 Å². The Morgan fingerprint density at radius 2 is 2.46 bits per heavy atom. The summed E-state index contributed by atoms with van der Waals surface area (Å²) >= 11 is 1.19. The fourth-order valence-corrected chi connectivity index (χ4v) is 1.61. The van der Waals surface area contributed by atoms with Gasteiger partial charge < -0.3 is 10.8 Å². The lowest BCUT2D eigenvalue weighted by molar-refractivity contribution is -0.143. The molecule has 0 aliphatic heterocycles. The zero-order chi connectivity index (χ0) is 10.1. The zero-order valence-electron chi connectivity index (χ0n) is 6.94. The standard InChI is InChI=1S/C8H8N2O2S/c1-8(10,7(11)12)5-2-6(3-9)13-4-5/h2,4H,10H2,1H3,(H,11,12)/t8-/m0/s1. The number of nitrogens with two attached hydrogens (primary N) is 1. The maximum absolute atomic E-state index is 10.7. The van der Waals surface area contributed by atoms with Crippen LogP contribution in [0.2, 0.25) is 0 Å². The van der Waals surface area contributed by atoms with E-state index in [1.807, 2.05) is 6.07 Å². The normalized spacial score (nSPS) is 14.5. The smallest absolute Gasteiger partial charge is 0.328 e. The van der Waals surface area contributed by atoms with Crippen LogP contribution in [-0.2, 0) is 10.3 Å². The summed E-state index contributed by atoms with van der Waals surface area (Å²) in [6.45, 7) is 1.40. The number of rotatable bonds is 2. The SMILES string of the molecule is C[C@@](N)(C(=O)O)c1csc(C#N)c1. The van der Waals surface area contributed by atoms with E-state index in [0.29, 0.717) is 10.4 Å². The first-order chi connectivity index (χ1) is 5.98. The van der Waals surface area contributed by atoms with Crippen molar-refractivity contribution in [3.63, 3.8) is 0 Å². The number of aliphatic carboxylic acids is 1. The number of nitrogens with zero attached hydrogens (tertiary/aromatic N) is 1. The molecular formula is C8H8N2O2S. The Bertz CT molecular complexity index is 376. The van der Waals surface area contributed by atoms with Gasteiger partial charge in [0.2, 0.25) is 0 Å². The van der Waals surface area contributed by atoms with Crippen LogP contribution in [0, 0.1) is 11.3 Å². The Labute approximate surface area is 79.2 Å². The van der Waals surface area contributed by atoms with Gasteiger partial charge in [-0.3, -0.25) is 0 Å². The van der Waals surface area contributed by atoms with Gasteiger partial charge in [0.05, 0.1) is 0 Å². The molecular weight excluding hydrogens is 188 g/mol. The third-order valence-corrected chi connectivity index (χ3v) is 2.59. The lowest BCUT2D eigenvalue weighted by Crippen LogP contribution is -2.41. The van der Waals surface area contributed by atoms with E-state index in [2.05, 4.69) is 0 Å². The van der Waals surface area contributed by atoms with E-state index in [1.165, 1.54) is 24.3 Å². The molecule has 0 saturated carbocycles. The third-order valence-electron chi connectivity index (χ3n) is 1.75. The highest BCUT2D eigenvalue weighted by Gasteiger charge is 2.31. The number of hydrogen-bond donors (Lipinski definition) is 2. The average molecular weight is 196 g/mol. The highest BCUT2D eigenvalue weighted by Crippen LogP contribution is 2.23. The molecule has 1 atom stereocenters. The second kappa shape index (κ2) is 3.17. The summed E-state index contributed by atoms with van der Waals surface area (Å²) in [6.07, 6.45) is 0. The van der Waals surface area contributed by atoms with Gasteiger partial charge in [-0.1, -0.05) is 0 Å². The maximum atomic E-state index is 10.7. The minimum atomic E-state index is -1.41. The monoisotopic (exact) mass is 196 g/mol. The van der Waals surface area contributed by atoms with Gasteiger partial charge in [-0.2, -0.15) is 5.26 Å². The molecule has 0 aliphatic carbocycles. The van der Waals surface area contributed by atoms with Gasteiger partial charge in [-0.25, -0.2) is 4.79 Å². The summed E-state index contributed by atoms with van der Waals surface area (Å²) in [7, 11) is 0. The molecule has 1 aromatic heterocycles. The van der Waals surface area contributed by atoms with Gasteiger partial charge in [-0.05, 0) is 23.9 Å². The summed E-state index contributed by atoms with van der Waals surface area (Å²) < 4.78 is 0.